The van der Waals surface area contributed by atoms with E-state index >= 15 is 0 Å². The van der Waals surface area contributed by atoms with Crippen molar-refractivity contribution in [3.63, 3.8) is 0 Å². The summed E-state index contributed by atoms with van der Waals surface area (Å²) in [5.74, 6) is 7.16. The summed E-state index contributed by atoms with van der Waals surface area (Å²) in [5, 5.41) is 8.61. The quantitative estimate of drug-likeness (QED) is 0.322. The van der Waals surface area contributed by atoms with Gasteiger partial charge in [0, 0.05) is 5.69 Å². The van der Waals surface area contributed by atoms with Gasteiger partial charge >= 0.3 is 0 Å². The largest absolute Gasteiger partial charge is 0.339 e. The Hall–Kier alpha value is -2.68. The molecule has 7 nitrogen and oxygen atoms in total. The van der Waals surface area contributed by atoms with Crippen molar-refractivity contribution in [3.05, 3.63) is 58.0 Å². The Bertz CT molecular complexity index is 1470. The van der Waals surface area contributed by atoms with Gasteiger partial charge in [0.1, 0.15) is 10.5 Å². The first-order chi connectivity index (χ1) is 16.0. The number of halogens is 1. The predicted molar refractivity (Wildman–Crippen MR) is 135 cm³/mol. The number of benzene rings is 1. The molecule has 0 spiro atoms. The Morgan fingerprint density at radius 3 is 2.88 bits per heavy atom. The predicted octanol–water partition coefficient (Wildman–Crippen LogP) is 5.05. The summed E-state index contributed by atoms with van der Waals surface area (Å²) < 4.78 is 28.6. The lowest BCUT2D eigenvalue weighted by molar-refractivity contribution is 0.603. The third kappa shape index (κ3) is 4.98. The van der Waals surface area contributed by atoms with Crippen molar-refractivity contribution in [2.75, 3.05) is 16.6 Å². The number of hydrogen-bond acceptors (Lipinski definition) is 8. The molecule has 5 rings (SSSR count). The molecule has 1 fully saturated rings. The molecular weight excluding hydrogens is 498 g/mol. The highest BCUT2D eigenvalue weighted by Gasteiger charge is 2.17. The summed E-state index contributed by atoms with van der Waals surface area (Å²) >= 11 is 9.04. The van der Waals surface area contributed by atoms with Crippen molar-refractivity contribution >= 4 is 71.7 Å². The molecule has 168 valence electrons. The number of rotatable bonds is 5. The third-order valence-corrected chi connectivity index (χ3v) is 9.10. The van der Waals surface area contributed by atoms with E-state index in [1.165, 1.54) is 17.7 Å². The topological polar surface area (TPSA) is 96.0 Å². The number of thiophene rings is 2. The lowest BCUT2D eigenvalue weighted by atomic mass is 10.2. The first-order valence-electron chi connectivity index (χ1n) is 10.1. The standard InChI is InChI=1S/C22H18ClN5O2S3/c23-17-11-15(6-8-18(17)28-33(29,30)20-4-2-10-31-20)27-22-21-19(25-13-26-22)12-16(32-21)7-5-14-3-1-9-24-14/h2,4,6,8,10-14,24,28H,1,3,9H2,(H,25,26,27)/t14-/m0/s1. The van der Waals surface area contributed by atoms with Crippen LogP contribution in [0.15, 0.2) is 52.3 Å². The van der Waals surface area contributed by atoms with Crippen molar-refractivity contribution in [2.45, 2.75) is 23.1 Å². The van der Waals surface area contributed by atoms with Crippen LogP contribution >= 0.6 is 34.3 Å². The average Bonchev–Trinajstić information content (AvgIpc) is 3.56. The van der Waals surface area contributed by atoms with Gasteiger partial charge in [-0.05, 0) is 55.1 Å². The third-order valence-electron chi connectivity index (χ3n) is 4.98. The van der Waals surface area contributed by atoms with Gasteiger partial charge in [-0.25, -0.2) is 18.4 Å². The molecule has 0 bridgehead atoms. The molecule has 4 aromatic rings. The van der Waals surface area contributed by atoms with Gasteiger partial charge in [0.25, 0.3) is 10.0 Å². The van der Waals surface area contributed by atoms with Crippen LogP contribution in [0.1, 0.15) is 17.7 Å². The molecule has 1 atom stereocenters. The Labute approximate surface area is 204 Å². The number of fused-ring (bicyclic) bond motifs is 1. The van der Waals surface area contributed by atoms with E-state index in [4.69, 9.17) is 11.6 Å². The molecule has 11 heteroatoms. The van der Waals surface area contributed by atoms with Crippen molar-refractivity contribution in [3.8, 4) is 11.8 Å². The van der Waals surface area contributed by atoms with Crippen LogP contribution < -0.4 is 15.4 Å². The Balaban J connectivity index is 1.36. The highest BCUT2D eigenvalue weighted by atomic mass is 35.5. The number of nitrogens with one attached hydrogen (secondary N) is 3. The van der Waals surface area contributed by atoms with Gasteiger partial charge in [0.15, 0.2) is 5.82 Å². The van der Waals surface area contributed by atoms with E-state index in [0.717, 1.165) is 45.8 Å². The fraction of sp³-hybridized carbons (Fsp3) is 0.182. The molecule has 1 saturated heterocycles. The second-order valence-corrected chi connectivity index (χ2v) is 11.6. The maximum Gasteiger partial charge on any atom is 0.271 e. The van der Waals surface area contributed by atoms with Crippen LogP contribution in [-0.4, -0.2) is 31.0 Å². The molecule has 0 unspecified atom stereocenters. The molecule has 4 heterocycles. The van der Waals surface area contributed by atoms with Crippen LogP contribution in [0, 0.1) is 11.8 Å². The van der Waals surface area contributed by atoms with Crippen molar-refractivity contribution in [1.82, 2.24) is 15.3 Å². The monoisotopic (exact) mass is 515 g/mol. The Morgan fingerprint density at radius 2 is 2.12 bits per heavy atom. The summed E-state index contributed by atoms with van der Waals surface area (Å²) in [4.78, 5) is 9.66. The van der Waals surface area contributed by atoms with Crippen LogP contribution in [0.4, 0.5) is 17.2 Å². The van der Waals surface area contributed by atoms with Gasteiger partial charge in [0.05, 0.1) is 31.8 Å². The smallest absolute Gasteiger partial charge is 0.271 e. The molecule has 0 aliphatic carbocycles. The molecule has 0 saturated carbocycles. The van der Waals surface area contributed by atoms with E-state index in [1.807, 2.05) is 6.07 Å². The highest BCUT2D eigenvalue weighted by molar-refractivity contribution is 7.94. The zero-order valence-electron chi connectivity index (χ0n) is 17.1. The van der Waals surface area contributed by atoms with Gasteiger partial charge in [0.2, 0.25) is 0 Å². The molecule has 1 aliphatic heterocycles. The van der Waals surface area contributed by atoms with E-state index < -0.39 is 10.0 Å². The van der Waals surface area contributed by atoms with Crippen molar-refractivity contribution < 1.29 is 8.42 Å². The van der Waals surface area contributed by atoms with Gasteiger partial charge in [-0.15, -0.1) is 22.7 Å². The van der Waals surface area contributed by atoms with Crippen LogP contribution in [0.2, 0.25) is 5.02 Å². The summed E-state index contributed by atoms with van der Waals surface area (Å²) in [5.41, 5.74) is 1.79. The minimum Gasteiger partial charge on any atom is -0.339 e. The van der Waals surface area contributed by atoms with Crippen molar-refractivity contribution in [1.29, 1.82) is 0 Å². The zero-order chi connectivity index (χ0) is 22.8. The Morgan fingerprint density at radius 1 is 1.21 bits per heavy atom. The molecule has 3 aromatic heterocycles. The lowest BCUT2D eigenvalue weighted by Gasteiger charge is -2.11. The molecule has 0 amide bonds. The summed E-state index contributed by atoms with van der Waals surface area (Å²) in [6.45, 7) is 1.02. The summed E-state index contributed by atoms with van der Waals surface area (Å²) in [7, 11) is -3.67. The molecule has 33 heavy (non-hydrogen) atoms. The maximum atomic E-state index is 12.5. The summed E-state index contributed by atoms with van der Waals surface area (Å²) in [6.07, 6.45) is 3.73. The SMILES string of the molecule is O=S(=O)(Nc1ccc(Nc2ncnc3cc(C#C[C@@H]4CCCN4)sc23)cc1Cl)c1cccs1. The van der Waals surface area contributed by atoms with Crippen LogP contribution in [0.25, 0.3) is 10.2 Å². The number of sulfonamides is 1. The van der Waals surface area contributed by atoms with Gasteiger partial charge in [-0.1, -0.05) is 29.5 Å². The van der Waals surface area contributed by atoms with Gasteiger partial charge in [-0.2, -0.15) is 0 Å². The van der Waals surface area contributed by atoms with Crippen molar-refractivity contribution in [2.24, 2.45) is 0 Å². The number of nitrogens with zero attached hydrogens (tertiary/aromatic N) is 2. The number of anilines is 3. The molecule has 3 N–H and O–H groups in total. The van der Waals surface area contributed by atoms with Crippen LogP contribution in [0.3, 0.4) is 0 Å². The number of hydrogen-bond donors (Lipinski definition) is 3. The van der Waals surface area contributed by atoms with E-state index in [1.54, 1.807) is 35.7 Å². The summed E-state index contributed by atoms with van der Waals surface area (Å²) in [6, 6.07) is 10.5. The first kappa shape index (κ1) is 22.1. The number of aromatic nitrogens is 2. The van der Waals surface area contributed by atoms with E-state index in [0.29, 0.717) is 17.2 Å². The molecule has 0 radical (unpaired) electrons. The second-order valence-electron chi connectivity index (χ2n) is 7.32. The van der Waals surface area contributed by atoms with E-state index in [-0.39, 0.29) is 15.3 Å². The van der Waals surface area contributed by atoms with Crippen LogP contribution in [-0.2, 0) is 10.0 Å². The van der Waals surface area contributed by atoms with Gasteiger partial charge < -0.3 is 10.6 Å². The fourth-order valence-corrected chi connectivity index (χ4v) is 6.67. The first-order valence-corrected chi connectivity index (χ1v) is 13.7. The minimum atomic E-state index is -3.67. The maximum absolute atomic E-state index is 12.5. The molecular formula is C22H18ClN5O2S3. The van der Waals surface area contributed by atoms with E-state index in [9.17, 15) is 8.42 Å². The van der Waals surface area contributed by atoms with Crippen LogP contribution in [0.5, 0.6) is 0 Å². The molecule has 1 aromatic carbocycles. The lowest BCUT2D eigenvalue weighted by Crippen LogP contribution is -2.18. The zero-order valence-corrected chi connectivity index (χ0v) is 20.3. The van der Waals surface area contributed by atoms with E-state index in [2.05, 4.69) is 37.2 Å². The molecule has 1 aliphatic rings. The highest BCUT2D eigenvalue weighted by Crippen LogP contribution is 2.33. The average molecular weight is 516 g/mol. The second kappa shape index (κ2) is 9.29. The van der Waals surface area contributed by atoms with Gasteiger partial charge in [-0.3, -0.25) is 4.72 Å². The fourth-order valence-electron chi connectivity index (χ4n) is 3.39. The normalized spacial score (nSPS) is 15.8. The Kier molecular flexibility index (Phi) is 6.23. The minimum absolute atomic E-state index is 0.226.